The average Bonchev–Trinajstić information content (AvgIpc) is 2.34. The van der Waals surface area contributed by atoms with E-state index in [9.17, 15) is 0 Å². The molecule has 0 unspecified atom stereocenters. The van der Waals surface area contributed by atoms with Crippen LogP contribution in [-0.4, -0.2) is 15.2 Å². The Hall–Kier alpha value is -1.38. The zero-order chi connectivity index (χ0) is 7.40. The predicted molar refractivity (Wildman–Crippen MR) is 40.2 cm³/mol. The van der Waals surface area contributed by atoms with Crippen molar-refractivity contribution in [2.45, 2.75) is 6.92 Å². The third-order valence-electron chi connectivity index (χ3n) is 0.959. The van der Waals surface area contributed by atoms with Gasteiger partial charge in [-0.05, 0) is 13.0 Å². The Labute approximate surface area is 59.5 Å². The second-order valence-corrected chi connectivity index (χ2v) is 2.05. The number of hydrogen-bond acceptors (Lipinski definition) is 2. The van der Waals surface area contributed by atoms with E-state index in [-0.39, 0.29) is 0 Å². The fourth-order valence-electron chi connectivity index (χ4n) is 0.516. The van der Waals surface area contributed by atoms with Crippen LogP contribution in [0.15, 0.2) is 24.6 Å². The normalized spacial score (nSPS) is 10.5. The molecule has 1 heterocycles. The molecule has 0 spiro atoms. The molecule has 0 saturated carbocycles. The van der Waals surface area contributed by atoms with Gasteiger partial charge in [0.25, 0.3) is 0 Å². The number of hydrogen-bond donors (Lipinski definition) is 1. The van der Waals surface area contributed by atoms with Crippen LogP contribution in [0.4, 0.5) is 0 Å². The third-order valence-corrected chi connectivity index (χ3v) is 0.959. The first kappa shape index (κ1) is 6.74. The Bertz CT molecular complexity index is 233. The zero-order valence-electron chi connectivity index (χ0n) is 5.83. The van der Waals surface area contributed by atoms with Crippen molar-refractivity contribution >= 4 is 6.08 Å². The van der Waals surface area contributed by atoms with E-state index in [1.807, 2.05) is 19.1 Å². The number of nitrogens with zero attached hydrogens (tertiary/aromatic N) is 2. The standard InChI is InChI=1S/C7H9N3/c1-6(2)3-4-7-8-5-9-10-7/h3-5H,1H2,2H3,(H,8,9,10)/b4-3-. The number of H-pyrrole nitrogens is 1. The lowest BCUT2D eigenvalue weighted by Crippen LogP contribution is -1.73. The Balaban J connectivity index is 2.64. The van der Waals surface area contributed by atoms with Crippen LogP contribution in [0, 0.1) is 0 Å². The van der Waals surface area contributed by atoms with Crippen LogP contribution in [-0.2, 0) is 0 Å². The van der Waals surface area contributed by atoms with Crippen molar-refractivity contribution in [2.24, 2.45) is 0 Å². The molecule has 1 N–H and O–H groups in total. The van der Waals surface area contributed by atoms with Crippen molar-refractivity contribution in [1.82, 2.24) is 15.2 Å². The van der Waals surface area contributed by atoms with Gasteiger partial charge in [0.05, 0.1) is 0 Å². The minimum atomic E-state index is 0.753. The molecule has 1 aromatic rings. The van der Waals surface area contributed by atoms with Crippen molar-refractivity contribution in [3.8, 4) is 0 Å². The molecule has 3 heteroatoms. The summed E-state index contributed by atoms with van der Waals surface area (Å²) in [7, 11) is 0. The molecule has 0 radical (unpaired) electrons. The highest BCUT2D eigenvalue weighted by molar-refractivity contribution is 5.43. The first-order valence-electron chi connectivity index (χ1n) is 2.98. The highest BCUT2D eigenvalue weighted by Crippen LogP contribution is 1.94. The molecule has 0 amide bonds. The summed E-state index contributed by atoms with van der Waals surface area (Å²) in [5, 5.41) is 6.39. The second kappa shape index (κ2) is 2.96. The average molecular weight is 135 g/mol. The highest BCUT2D eigenvalue weighted by atomic mass is 15.2. The Morgan fingerprint density at radius 2 is 2.60 bits per heavy atom. The number of aromatic amines is 1. The number of rotatable bonds is 2. The van der Waals surface area contributed by atoms with Crippen molar-refractivity contribution < 1.29 is 0 Å². The molecule has 52 valence electrons. The van der Waals surface area contributed by atoms with Crippen molar-refractivity contribution in [3.63, 3.8) is 0 Å². The molecular weight excluding hydrogens is 126 g/mol. The topological polar surface area (TPSA) is 41.6 Å². The molecular formula is C7H9N3. The van der Waals surface area contributed by atoms with E-state index in [2.05, 4.69) is 21.8 Å². The lowest BCUT2D eigenvalue weighted by Gasteiger charge is -1.82. The summed E-state index contributed by atoms with van der Waals surface area (Å²) >= 11 is 0. The largest absolute Gasteiger partial charge is 0.260 e. The molecule has 0 atom stereocenters. The molecule has 1 rings (SSSR count). The molecule has 10 heavy (non-hydrogen) atoms. The van der Waals surface area contributed by atoms with Gasteiger partial charge in [-0.3, -0.25) is 5.10 Å². The first-order valence-corrected chi connectivity index (χ1v) is 2.98. The Morgan fingerprint density at radius 1 is 1.80 bits per heavy atom. The summed E-state index contributed by atoms with van der Waals surface area (Å²) < 4.78 is 0. The molecule has 0 aromatic carbocycles. The van der Waals surface area contributed by atoms with Crippen LogP contribution in [0.3, 0.4) is 0 Å². The van der Waals surface area contributed by atoms with Gasteiger partial charge in [-0.15, -0.1) is 0 Å². The number of aromatic nitrogens is 3. The van der Waals surface area contributed by atoms with E-state index in [1.165, 1.54) is 6.33 Å². The van der Waals surface area contributed by atoms with Gasteiger partial charge in [0.15, 0.2) is 0 Å². The van der Waals surface area contributed by atoms with Crippen LogP contribution in [0.1, 0.15) is 12.7 Å². The van der Waals surface area contributed by atoms with E-state index in [4.69, 9.17) is 0 Å². The summed E-state index contributed by atoms with van der Waals surface area (Å²) in [5.74, 6) is 0.753. The molecule has 0 fully saturated rings. The lowest BCUT2D eigenvalue weighted by atomic mass is 10.3. The van der Waals surface area contributed by atoms with E-state index < -0.39 is 0 Å². The highest BCUT2D eigenvalue weighted by Gasteiger charge is 1.84. The van der Waals surface area contributed by atoms with Crippen molar-refractivity contribution in [3.05, 3.63) is 30.4 Å². The molecule has 0 aliphatic carbocycles. The SMILES string of the molecule is C=C(C)/C=C\c1ncn[nH]1. The third kappa shape index (κ3) is 1.85. The first-order chi connectivity index (χ1) is 4.79. The number of nitrogens with one attached hydrogen (secondary N) is 1. The van der Waals surface area contributed by atoms with Gasteiger partial charge in [-0.25, -0.2) is 4.98 Å². The summed E-state index contributed by atoms with van der Waals surface area (Å²) in [4.78, 5) is 3.89. The van der Waals surface area contributed by atoms with Crippen molar-refractivity contribution in [2.75, 3.05) is 0 Å². The maximum absolute atomic E-state index is 3.89. The number of allylic oxidation sites excluding steroid dienone is 2. The maximum Gasteiger partial charge on any atom is 0.148 e. The van der Waals surface area contributed by atoms with Gasteiger partial charge in [0, 0.05) is 0 Å². The fourth-order valence-corrected chi connectivity index (χ4v) is 0.516. The second-order valence-electron chi connectivity index (χ2n) is 2.05. The molecule has 0 saturated heterocycles. The zero-order valence-corrected chi connectivity index (χ0v) is 5.83. The fraction of sp³-hybridized carbons (Fsp3) is 0.143. The van der Waals surface area contributed by atoms with E-state index in [1.54, 1.807) is 0 Å². The van der Waals surface area contributed by atoms with Gasteiger partial charge in [-0.2, -0.15) is 5.10 Å². The van der Waals surface area contributed by atoms with Crippen LogP contribution in [0.5, 0.6) is 0 Å². The van der Waals surface area contributed by atoms with E-state index in [0.717, 1.165) is 11.4 Å². The molecule has 1 aromatic heterocycles. The Morgan fingerprint density at radius 3 is 3.10 bits per heavy atom. The molecule has 0 aliphatic heterocycles. The molecule has 0 bridgehead atoms. The van der Waals surface area contributed by atoms with Gasteiger partial charge < -0.3 is 0 Å². The van der Waals surface area contributed by atoms with Crippen LogP contribution in [0.2, 0.25) is 0 Å². The summed E-state index contributed by atoms with van der Waals surface area (Å²) in [6.07, 6.45) is 5.17. The van der Waals surface area contributed by atoms with E-state index >= 15 is 0 Å². The van der Waals surface area contributed by atoms with Gasteiger partial charge in [0.1, 0.15) is 12.2 Å². The van der Waals surface area contributed by atoms with Crippen molar-refractivity contribution in [1.29, 1.82) is 0 Å². The molecule has 3 nitrogen and oxygen atoms in total. The minimum absolute atomic E-state index is 0.753. The Kier molecular flexibility index (Phi) is 1.99. The lowest BCUT2D eigenvalue weighted by molar-refractivity contribution is 1.08. The van der Waals surface area contributed by atoms with Crippen LogP contribution < -0.4 is 0 Å². The van der Waals surface area contributed by atoms with Gasteiger partial charge >= 0.3 is 0 Å². The van der Waals surface area contributed by atoms with Crippen LogP contribution >= 0.6 is 0 Å². The predicted octanol–water partition coefficient (Wildman–Crippen LogP) is 1.39. The summed E-state index contributed by atoms with van der Waals surface area (Å²) in [6.45, 7) is 5.63. The summed E-state index contributed by atoms with van der Waals surface area (Å²) in [5.41, 5.74) is 0.997. The van der Waals surface area contributed by atoms with Crippen LogP contribution in [0.25, 0.3) is 6.08 Å². The summed E-state index contributed by atoms with van der Waals surface area (Å²) in [6, 6.07) is 0. The van der Waals surface area contributed by atoms with E-state index in [0.29, 0.717) is 0 Å². The maximum atomic E-state index is 3.89. The monoisotopic (exact) mass is 135 g/mol. The molecule has 0 aliphatic rings. The van der Waals surface area contributed by atoms with Gasteiger partial charge in [-0.1, -0.05) is 18.2 Å². The quantitative estimate of drug-likeness (QED) is 0.622. The minimum Gasteiger partial charge on any atom is -0.260 e. The van der Waals surface area contributed by atoms with Gasteiger partial charge in [0.2, 0.25) is 0 Å². The smallest absolute Gasteiger partial charge is 0.148 e.